The van der Waals surface area contributed by atoms with Crippen LogP contribution in [0.1, 0.15) is 11.1 Å². The minimum Gasteiger partial charge on any atom is -0.218 e. The zero-order valence-electron chi connectivity index (χ0n) is 8.99. The van der Waals surface area contributed by atoms with E-state index in [1.165, 1.54) is 18.2 Å². The first kappa shape index (κ1) is 12.3. The Labute approximate surface area is 108 Å². The second kappa shape index (κ2) is 4.61. The third-order valence-electron chi connectivity index (χ3n) is 2.26. The maximum absolute atomic E-state index is 10.9. The van der Waals surface area contributed by atoms with E-state index in [4.69, 9.17) is 10.5 Å². The molecule has 88 valence electrons. The van der Waals surface area contributed by atoms with Crippen molar-refractivity contribution in [1.82, 2.24) is 0 Å². The molecule has 0 fully saturated rings. The highest BCUT2D eigenvalue weighted by Crippen LogP contribution is 2.40. The highest BCUT2D eigenvalue weighted by Gasteiger charge is 2.38. The normalized spacial score (nSPS) is 13.2. The summed E-state index contributed by atoms with van der Waals surface area (Å²) >= 11 is 1.54. The average Bonchev–Trinajstić information content (AvgIpc) is 2.78. The van der Waals surface area contributed by atoms with Crippen LogP contribution in [0, 0.1) is 22.7 Å². The molecule has 0 saturated carbocycles. The van der Waals surface area contributed by atoms with Crippen LogP contribution in [0.15, 0.2) is 44.8 Å². The largest absolute Gasteiger partial charge is 0.218 e. The van der Waals surface area contributed by atoms with Gasteiger partial charge in [0.2, 0.25) is 9.84 Å². The topological polar surface area (TPSA) is 81.7 Å². The van der Waals surface area contributed by atoms with Gasteiger partial charge in [-0.1, -0.05) is 0 Å². The van der Waals surface area contributed by atoms with Gasteiger partial charge in [-0.05, 0) is 29.6 Å². The first-order chi connectivity index (χ1) is 8.59. The van der Waals surface area contributed by atoms with Crippen LogP contribution < -0.4 is 0 Å². The number of nitriles is 2. The molecular weight excluding hydrogens is 268 g/mol. The maximum atomic E-state index is 10.9. The van der Waals surface area contributed by atoms with E-state index in [0.29, 0.717) is 15.4 Å². The maximum Gasteiger partial charge on any atom is 0.209 e. The third kappa shape index (κ3) is 2.25. The minimum atomic E-state index is -3.06. The molecule has 2 heterocycles. The quantitative estimate of drug-likeness (QED) is 0.589. The molecule has 1 aliphatic heterocycles. The SMILES string of the molecule is N#Cc1ccc2c(c1)S2(=O)=O.N#Cc1ccsc1. The monoisotopic (exact) mass is 274 g/mol. The molecule has 6 heteroatoms. The third-order valence-corrected chi connectivity index (χ3v) is 4.59. The molecule has 3 rings (SSSR count). The summed E-state index contributed by atoms with van der Waals surface area (Å²) in [6.45, 7) is 0. The summed E-state index contributed by atoms with van der Waals surface area (Å²) in [5.41, 5.74) is 1.15. The van der Waals surface area contributed by atoms with E-state index in [-0.39, 0.29) is 0 Å². The number of fused-ring (bicyclic) bond motifs is 1. The van der Waals surface area contributed by atoms with Gasteiger partial charge in [0.15, 0.2) is 0 Å². The number of thiophene rings is 1. The van der Waals surface area contributed by atoms with E-state index in [9.17, 15) is 8.42 Å². The summed E-state index contributed by atoms with van der Waals surface area (Å²) < 4.78 is 21.8. The summed E-state index contributed by atoms with van der Waals surface area (Å²) in [5.74, 6) is 0. The van der Waals surface area contributed by atoms with Crippen molar-refractivity contribution in [3.05, 3.63) is 46.2 Å². The van der Waals surface area contributed by atoms with Crippen LogP contribution in [-0.4, -0.2) is 8.42 Å². The molecule has 0 bridgehead atoms. The summed E-state index contributed by atoms with van der Waals surface area (Å²) in [7, 11) is -3.06. The van der Waals surface area contributed by atoms with Gasteiger partial charge in [-0.2, -0.15) is 21.9 Å². The molecule has 4 nitrogen and oxygen atoms in total. The highest BCUT2D eigenvalue weighted by molar-refractivity contribution is 7.97. The van der Waals surface area contributed by atoms with Gasteiger partial charge in [0.25, 0.3) is 0 Å². The molecule has 0 unspecified atom stereocenters. The Morgan fingerprint density at radius 1 is 1.00 bits per heavy atom. The lowest BCUT2D eigenvalue weighted by Crippen LogP contribution is -1.67. The predicted molar refractivity (Wildman–Crippen MR) is 65.6 cm³/mol. The van der Waals surface area contributed by atoms with Gasteiger partial charge in [-0.3, -0.25) is 0 Å². The molecule has 1 aromatic heterocycles. The van der Waals surface area contributed by atoms with Crippen LogP contribution in [-0.2, 0) is 9.84 Å². The van der Waals surface area contributed by atoms with Crippen LogP contribution in [0.3, 0.4) is 0 Å². The lowest BCUT2D eigenvalue weighted by atomic mass is 10.2. The average molecular weight is 274 g/mol. The summed E-state index contributed by atoms with van der Waals surface area (Å²) in [4.78, 5) is 0.660. The molecule has 0 saturated heterocycles. The van der Waals surface area contributed by atoms with Gasteiger partial charge in [-0.25, -0.2) is 8.42 Å². The first-order valence-corrected chi connectivity index (χ1v) is 7.23. The van der Waals surface area contributed by atoms with Crippen molar-refractivity contribution in [3.63, 3.8) is 0 Å². The highest BCUT2D eigenvalue weighted by atomic mass is 32.2. The Morgan fingerprint density at radius 3 is 2.17 bits per heavy atom. The molecule has 18 heavy (non-hydrogen) atoms. The Morgan fingerprint density at radius 2 is 1.72 bits per heavy atom. The summed E-state index contributed by atoms with van der Waals surface area (Å²) in [6, 6.07) is 10.0. The summed E-state index contributed by atoms with van der Waals surface area (Å²) in [5, 5.41) is 20.3. The van der Waals surface area contributed by atoms with Crippen molar-refractivity contribution >= 4 is 21.2 Å². The van der Waals surface area contributed by atoms with Crippen molar-refractivity contribution < 1.29 is 8.42 Å². The lowest BCUT2D eigenvalue weighted by Gasteiger charge is -1.76. The molecule has 1 aromatic carbocycles. The molecule has 0 amide bonds. The number of nitrogens with zero attached hydrogens (tertiary/aromatic N) is 2. The zero-order valence-corrected chi connectivity index (χ0v) is 10.6. The van der Waals surface area contributed by atoms with Crippen molar-refractivity contribution in [2.75, 3.05) is 0 Å². The van der Waals surface area contributed by atoms with Crippen LogP contribution >= 0.6 is 11.3 Å². The summed E-state index contributed by atoms with van der Waals surface area (Å²) in [6.07, 6.45) is 0. The lowest BCUT2D eigenvalue weighted by molar-refractivity contribution is 0.612. The van der Waals surface area contributed by atoms with E-state index in [1.54, 1.807) is 17.4 Å². The molecule has 0 atom stereocenters. The fourth-order valence-corrected chi connectivity index (χ4v) is 3.18. The first-order valence-electron chi connectivity index (χ1n) is 4.81. The van der Waals surface area contributed by atoms with E-state index in [0.717, 1.165) is 5.56 Å². The van der Waals surface area contributed by atoms with Gasteiger partial charge >= 0.3 is 0 Å². The molecule has 0 spiro atoms. The van der Waals surface area contributed by atoms with Crippen LogP contribution in [0.25, 0.3) is 0 Å². The Hall–Kier alpha value is -2.15. The second-order valence-corrected chi connectivity index (χ2v) is 6.07. The van der Waals surface area contributed by atoms with E-state index in [2.05, 4.69) is 0 Å². The van der Waals surface area contributed by atoms with Crippen molar-refractivity contribution in [1.29, 1.82) is 10.5 Å². The van der Waals surface area contributed by atoms with Gasteiger partial charge in [0.1, 0.15) is 0 Å². The van der Waals surface area contributed by atoms with Crippen LogP contribution in [0.5, 0.6) is 0 Å². The number of rotatable bonds is 0. The minimum absolute atomic E-state index is 0.302. The number of hydrogen-bond acceptors (Lipinski definition) is 5. The smallest absolute Gasteiger partial charge is 0.209 e. The van der Waals surface area contributed by atoms with E-state index >= 15 is 0 Å². The Balaban J connectivity index is 0.000000149. The van der Waals surface area contributed by atoms with Crippen molar-refractivity contribution in [3.8, 4) is 12.1 Å². The van der Waals surface area contributed by atoms with Crippen LogP contribution in [0.4, 0.5) is 0 Å². The standard InChI is InChI=1S/C7H3NO2S.C5H3NS/c8-4-5-1-2-6-7(3-5)11(6,9)10;6-3-5-1-2-7-4-5/h1-3H;1-2,4H. The van der Waals surface area contributed by atoms with Gasteiger partial charge < -0.3 is 0 Å². The number of benzene rings is 1. The Kier molecular flexibility index (Phi) is 3.15. The molecule has 0 N–H and O–H groups in total. The predicted octanol–water partition coefficient (Wildman–Crippen LogP) is 2.32. The van der Waals surface area contributed by atoms with E-state index in [1.807, 2.05) is 22.9 Å². The van der Waals surface area contributed by atoms with Crippen molar-refractivity contribution in [2.45, 2.75) is 9.79 Å². The van der Waals surface area contributed by atoms with Crippen LogP contribution in [0.2, 0.25) is 0 Å². The number of hydrogen-bond donors (Lipinski definition) is 0. The molecule has 1 aliphatic rings. The van der Waals surface area contributed by atoms with Gasteiger partial charge in [0, 0.05) is 5.38 Å². The van der Waals surface area contributed by atoms with Crippen molar-refractivity contribution in [2.24, 2.45) is 0 Å². The van der Waals surface area contributed by atoms with Gasteiger partial charge in [-0.15, -0.1) is 0 Å². The van der Waals surface area contributed by atoms with Gasteiger partial charge in [0.05, 0.1) is 33.1 Å². The number of sulfone groups is 1. The zero-order chi connectivity index (χ0) is 13.2. The molecule has 2 aromatic rings. The Bertz CT molecular complexity index is 763. The fourth-order valence-electron chi connectivity index (χ4n) is 1.30. The molecule has 0 aliphatic carbocycles. The second-order valence-electron chi connectivity index (χ2n) is 3.40. The molecular formula is C12H6N2O2S2. The molecule has 0 radical (unpaired) electrons. The fraction of sp³-hybridized carbons (Fsp3) is 0. The van der Waals surface area contributed by atoms with E-state index < -0.39 is 9.84 Å².